The van der Waals surface area contributed by atoms with Crippen LogP contribution in [0, 0.1) is 17.8 Å². The molecule has 1 aromatic carbocycles. The molecule has 0 fully saturated rings. The third kappa shape index (κ3) is 7.08. The molecule has 0 spiro atoms. The first-order valence-corrected chi connectivity index (χ1v) is 13.2. The monoisotopic (exact) mass is 520 g/mol. The molecule has 0 aliphatic carbocycles. The van der Waals surface area contributed by atoms with Crippen molar-refractivity contribution in [2.75, 3.05) is 17.2 Å². The van der Waals surface area contributed by atoms with Crippen LogP contribution < -0.4 is 21.9 Å². The lowest BCUT2D eigenvalue weighted by atomic mass is 10.0. The van der Waals surface area contributed by atoms with Gasteiger partial charge >= 0.3 is 5.69 Å². The van der Waals surface area contributed by atoms with Gasteiger partial charge in [-0.15, -0.1) is 17.9 Å². The Bertz CT molecular complexity index is 1490. The number of thiophene rings is 1. The first-order valence-electron chi connectivity index (χ1n) is 12.3. The maximum Gasteiger partial charge on any atom is 0.331 e. The van der Waals surface area contributed by atoms with E-state index < -0.39 is 0 Å². The molecule has 0 radical (unpaired) electrons. The highest BCUT2D eigenvalue weighted by atomic mass is 32.1. The fraction of sp³-hybridized carbons (Fsp3) is 0.357. The van der Waals surface area contributed by atoms with E-state index in [0.717, 1.165) is 10.6 Å². The lowest BCUT2D eigenvalue weighted by Crippen LogP contribution is -2.39. The van der Waals surface area contributed by atoms with Gasteiger partial charge in [0.25, 0.3) is 5.56 Å². The van der Waals surface area contributed by atoms with E-state index in [1.807, 2.05) is 25.3 Å². The summed E-state index contributed by atoms with van der Waals surface area (Å²) in [5, 5.41) is 8.97. The number of nitrogens with zero attached hydrogens (tertiary/aromatic N) is 2. The van der Waals surface area contributed by atoms with Crippen LogP contribution in [0.3, 0.4) is 0 Å². The van der Waals surface area contributed by atoms with E-state index in [2.05, 4.69) is 29.1 Å². The number of hydrogen-bond acceptors (Lipinski definition) is 6. The fourth-order valence-corrected chi connectivity index (χ4v) is 4.80. The van der Waals surface area contributed by atoms with Gasteiger partial charge in [-0.1, -0.05) is 24.8 Å². The number of rotatable bonds is 11. The zero-order valence-corrected chi connectivity index (χ0v) is 22.2. The van der Waals surface area contributed by atoms with Crippen molar-refractivity contribution in [2.24, 2.45) is 5.92 Å². The summed E-state index contributed by atoms with van der Waals surface area (Å²) in [5.74, 6) is 5.66. The minimum absolute atomic E-state index is 0.0409. The van der Waals surface area contributed by atoms with E-state index in [-0.39, 0.29) is 54.8 Å². The van der Waals surface area contributed by atoms with Crippen molar-refractivity contribution >= 4 is 44.6 Å². The van der Waals surface area contributed by atoms with Gasteiger partial charge < -0.3 is 10.6 Å². The van der Waals surface area contributed by atoms with E-state index in [1.54, 1.807) is 35.8 Å². The topological polar surface area (TPSA) is 102 Å². The van der Waals surface area contributed by atoms with Crippen LogP contribution >= 0.6 is 11.3 Å². The van der Waals surface area contributed by atoms with Crippen molar-refractivity contribution in [1.82, 2.24) is 9.13 Å². The third-order valence-corrected chi connectivity index (χ3v) is 6.64. The number of amides is 1. The molecule has 8 nitrogen and oxygen atoms in total. The zero-order valence-electron chi connectivity index (χ0n) is 21.4. The summed E-state index contributed by atoms with van der Waals surface area (Å²) >= 11 is 1.41. The third-order valence-electron chi connectivity index (χ3n) is 5.80. The van der Waals surface area contributed by atoms with Crippen LogP contribution in [0.1, 0.15) is 45.6 Å². The molecular formula is C28H32N4O4S. The van der Waals surface area contributed by atoms with Crippen LogP contribution in [-0.4, -0.2) is 27.4 Å². The van der Waals surface area contributed by atoms with Crippen LogP contribution in [-0.2, 0) is 22.7 Å². The van der Waals surface area contributed by atoms with Crippen LogP contribution in [0.15, 0.2) is 51.9 Å². The van der Waals surface area contributed by atoms with Gasteiger partial charge in [0.15, 0.2) is 5.78 Å². The van der Waals surface area contributed by atoms with Crippen molar-refractivity contribution < 1.29 is 9.59 Å². The SMILES string of the molecule is C=CCC#Cc1csc(NC(=O)CC(C)CC(=O)CNc2ccc3c(c2)c(=O)n(CC)c(=O)n3CC)c1. The highest BCUT2D eigenvalue weighted by Crippen LogP contribution is 2.21. The zero-order chi connectivity index (χ0) is 26.9. The molecule has 0 aliphatic rings. The molecule has 1 unspecified atom stereocenters. The summed E-state index contributed by atoms with van der Waals surface area (Å²) in [6.45, 7) is 9.92. The summed E-state index contributed by atoms with van der Waals surface area (Å²) in [7, 11) is 0. The van der Waals surface area contributed by atoms with Crippen LogP contribution in [0.25, 0.3) is 10.9 Å². The first kappa shape index (κ1) is 27.7. The molecule has 0 saturated heterocycles. The number of benzene rings is 1. The van der Waals surface area contributed by atoms with E-state index in [1.165, 1.54) is 15.9 Å². The normalized spacial score (nSPS) is 11.4. The number of ketones is 1. The van der Waals surface area contributed by atoms with E-state index in [4.69, 9.17) is 0 Å². The van der Waals surface area contributed by atoms with Crippen molar-refractivity contribution in [1.29, 1.82) is 0 Å². The maximum absolute atomic E-state index is 12.8. The smallest absolute Gasteiger partial charge is 0.331 e. The number of allylic oxidation sites excluding steroid dienone is 1. The summed E-state index contributed by atoms with van der Waals surface area (Å²) in [5.41, 5.74) is 1.37. The largest absolute Gasteiger partial charge is 0.378 e. The molecule has 2 heterocycles. The Morgan fingerprint density at radius 3 is 2.59 bits per heavy atom. The first-order chi connectivity index (χ1) is 17.8. The fourth-order valence-electron chi connectivity index (χ4n) is 4.05. The molecule has 1 amide bonds. The van der Waals surface area contributed by atoms with E-state index in [9.17, 15) is 19.2 Å². The quantitative estimate of drug-likeness (QED) is 0.291. The summed E-state index contributed by atoms with van der Waals surface area (Å²) in [6.07, 6.45) is 2.81. The van der Waals surface area contributed by atoms with E-state index in [0.29, 0.717) is 29.6 Å². The lowest BCUT2D eigenvalue weighted by Gasteiger charge is -2.14. The molecular weight excluding hydrogens is 488 g/mol. The van der Waals surface area contributed by atoms with Gasteiger partial charge in [-0.05, 0) is 44.0 Å². The van der Waals surface area contributed by atoms with Gasteiger partial charge in [0, 0.05) is 49.0 Å². The van der Waals surface area contributed by atoms with Gasteiger partial charge in [0.1, 0.15) is 0 Å². The van der Waals surface area contributed by atoms with Gasteiger partial charge in [0.2, 0.25) is 5.91 Å². The number of aryl methyl sites for hydroxylation is 1. The molecule has 0 aliphatic heterocycles. The number of fused-ring (bicyclic) bond motifs is 1. The minimum Gasteiger partial charge on any atom is -0.378 e. The van der Waals surface area contributed by atoms with Gasteiger partial charge in [-0.3, -0.25) is 23.5 Å². The van der Waals surface area contributed by atoms with Crippen molar-refractivity contribution in [3.05, 3.63) is 68.7 Å². The van der Waals surface area contributed by atoms with Crippen molar-refractivity contribution in [3.63, 3.8) is 0 Å². The van der Waals surface area contributed by atoms with E-state index >= 15 is 0 Å². The Morgan fingerprint density at radius 1 is 1.14 bits per heavy atom. The second kappa shape index (κ2) is 12.9. The number of carbonyl (C=O) groups is 2. The number of nitrogens with one attached hydrogen (secondary N) is 2. The number of anilines is 2. The molecule has 0 saturated carbocycles. The van der Waals surface area contributed by atoms with Crippen LogP contribution in [0.4, 0.5) is 10.7 Å². The highest BCUT2D eigenvalue weighted by molar-refractivity contribution is 7.14. The Hall–Kier alpha value is -3.90. The number of hydrogen-bond donors (Lipinski definition) is 2. The van der Waals surface area contributed by atoms with Gasteiger partial charge in [0.05, 0.1) is 22.4 Å². The molecule has 9 heteroatoms. The van der Waals surface area contributed by atoms with Crippen molar-refractivity contribution in [2.45, 2.75) is 53.1 Å². The minimum atomic E-state index is -0.344. The average molecular weight is 521 g/mol. The number of Topliss-reactive ketones (excluding diaryl/α,β-unsaturated/α-hetero) is 1. The maximum atomic E-state index is 12.8. The average Bonchev–Trinajstić information content (AvgIpc) is 3.30. The Labute approximate surface area is 220 Å². The summed E-state index contributed by atoms with van der Waals surface area (Å²) in [6, 6.07) is 6.99. The number of aromatic nitrogens is 2. The van der Waals surface area contributed by atoms with Gasteiger partial charge in [-0.25, -0.2) is 4.79 Å². The van der Waals surface area contributed by atoms with Crippen LogP contribution in [0.5, 0.6) is 0 Å². The number of carbonyl (C=O) groups excluding carboxylic acids is 2. The molecule has 194 valence electrons. The Balaban J connectivity index is 1.55. The Morgan fingerprint density at radius 2 is 1.89 bits per heavy atom. The molecule has 2 N–H and O–H groups in total. The van der Waals surface area contributed by atoms with Gasteiger partial charge in [-0.2, -0.15) is 0 Å². The molecule has 37 heavy (non-hydrogen) atoms. The summed E-state index contributed by atoms with van der Waals surface area (Å²) in [4.78, 5) is 50.3. The predicted molar refractivity (Wildman–Crippen MR) is 150 cm³/mol. The highest BCUT2D eigenvalue weighted by Gasteiger charge is 2.15. The van der Waals surface area contributed by atoms with Crippen molar-refractivity contribution in [3.8, 4) is 11.8 Å². The molecule has 0 bridgehead atoms. The predicted octanol–water partition coefficient (Wildman–Crippen LogP) is 4.23. The standard InChI is InChI=1S/C28H32N4O4S/c1-5-8-9-10-20-15-26(37-18-20)30-25(34)14-19(4)13-22(33)17-29-21-11-12-24-23(16-21)27(35)32(7-3)28(36)31(24)6-2/h5,11-12,15-16,18-19,29H,1,6-8,13-14,17H2,2-4H3,(H,30,34). The lowest BCUT2D eigenvalue weighted by molar-refractivity contribution is -0.119. The molecule has 3 rings (SSSR count). The second-order valence-corrected chi connectivity index (χ2v) is 9.67. The second-order valence-electron chi connectivity index (χ2n) is 8.76. The molecule has 2 aromatic heterocycles. The molecule has 1 atom stereocenters. The van der Waals surface area contributed by atoms with Crippen LogP contribution in [0.2, 0.25) is 0 Å². The Kier molecular flexibility index (Phi) is 9.64. The summed E-state index contributed by atoms with van der Waals surface area (Å²) < 4.78 is 2.77. The molecule has 3 aromatic rings.